The number of ether oxygens (including phenoxy) is 1. The first kappa shape index (κ1) is 17.5. The smallest absolute Gasteiger partial charge is 0.408 e. The molecule has 0 aliphatic heterocycles. The number of alkyl carbamates (subject to hydrolysis) is 1. The number of nitrogens with one attached hydrogen (secondary N) is 2. The van der Waals surface area contributed by atoms with Crippen molar-refractivity contribution in [2.24, 2.45) is 0 Å². The van der Waals surface area contributed by atoms with E-state index in [2.05, 4.69) is 10.6 Å². The standard InChI is InChI=1S/C15H20N2O5/c1-3-12(14(19)20)17-13(18)10(2)16-15(21)22-9-11-7-5-4-6-8-11/h4-8,10,12H,3,9H2,1-2H3,(H,16,21)(H,17,18)(H,19,20)/t10-,12+/m0/s1. The highest BCUT2D eigenvalue weighted by molar-refractivity contribution is 5.88. The number of aliphatic carboxylic acids is 1. The number of carbonyl (C=O) groups is 3. The maximum atomic E-state index is 11.8. The molecule has 0 radical (unpaired) electrons. The van der Waals surface area contributed by atoms with Crippen molar-refractivity contribution in [3.8, 4) is 0 Å². The Morgan fingerprint density at radius 1 is 1.18 bits per heavy atom. The lowest BCUT2D eigenvalue weighted by molar-refractivity contribution is -0.142. The minimum Gasteiger partial charge on any atom is -0.480 e. The topological polar surface area (TPSA) is 105 Å². The van der Waals surface area contributed by atoms with Crippen LogP contribution in [-0.2, 0) is 20.9 Å². The van der Waals surface area contributed by atoms with Crippen LogP contribution in [0.15, 0.2) is 30.3 Å². The number of rotatable bonds is 7. The fraction of sp³-hybridized carbons (Fsp3) is 0.400. The first-order chi connectivity index (χ1) is 10.4. The van der Waals surface area contributed by atoms with Crippen LogP contribution in [0.1, 0.15) is 25.8 Å². The molecule has 0 saturated carbocycles. The van der Waals surface area contributed by atoms with E-state index >= 15 is 0 Å². The molecule has 0 bridgehead atoms. The van der Waals surface area contributed by atoms with E-state index in [1.165, 1.54) is 6.92 Å². The van der Waals surface area contributed by atoms with Crippen molar-refractivity contribution in [2.45, 2.75) is 39.0 Å². The van der Waals surface area contributed by atoms with Crippen LogP contribution >= 0.6 is 0 Å². The van der Waals surface area contributed by atoms with E-state index < -0.39 is 30.1 Å². The third-order valence-corrected chi connectivity index (χ3v) is 2.96. The van der Waals surface area contributed by atoms with Crippen molar-refractivity contribution < 1.29 is 24.2 Å². The van der Waals surface area contributed by atoms with Gasteiger partial charge in [-0.1, -0.05) is 37.3 Å². The number of hydrogen-bond acceptors (Lipinski definition) is 4. The lowest BCUT2D eigenvalue weighted by Gasteiger charge is -2.17. The molecule has 0 spiro atoms. The molecular weight excluding hydrogens is 288 g/mol. The highest BCUT2D eigenvalue weighted by Crippen LogP contribution is 2.01. The first-order valence-corrected chi connectivity index (χ1v) is 6.94. The van der Waals surface area contributed by atoms with E-state index in [9.17, 15) is 14.4 Å². The molecule has 22 heavy (non-hydrogen) atoms. The minimum absolute atomic E-state index is 0.0910. The van der Waals surface area contributed by atoms with Crippen molar-refractivity contribution in [2.75, 3.05) is 0 Å². The summed E-state index contributed by atoms with van der Waals surface area (Å²) < 4.78 is 4.98. The summed E-state index contributed by atoms with van der Waals surface area (Å²) in [4.78, 5) is 34.2. The summed E-state index contributed by atoms with van der Waals surface area (Å²) in [5.74, 6) is -1.69. The Balaban J connectivity index is 2.39. The number of amides is 2. The van der Waals surface area contributed by atoms with Gasteiger partial charge < -0.3 is 20.5 Å². The lowest BCUT2D eigenvalue weighted by Crippen LogP contribution is -2.50. The number of carboxylic acid groups (broad SMARTS) is 1. The van der Waals surface area contributed by atoms with Crippen LogP contribution in [0.25, 0.3) is 0 Å². The molecule has 0 fully saturated rings. The van der Waals surface area contributed by atoms with Gasteiger partial charge in [0.15, 0.2) is 0 Å². The average Bonchev–Trinajstić information content (AvgIpc) is 2.50. The van der Waals surface area contributed by atoms with E-state index in [1.807, 2.05) is 30.3 Å². The Morgan fingerprint density at radius 2 is 1.82 bits per heavy atom. The van der Waals surface area contributed by atoms with Gasteiger partial charge in [0.2, 0.25) is 5.91 Å². The number of carbonyl (C=O) groups excluding carboxylic acids is 2. The third kappa shape index (κ3) is 5.82. The second-order valence-corrected chi connectivity index (χ2v) is 4.74. The van der Waals surface area contributed by atoms with Crippen LogP contribution in [0.5, 0.6) is 0 Å². The van der Waals surface area contributed by atoms with Crippen molar-refractivity contribution in [1.82, 2.24) is 10.6 Å². The highest BCUT2D eigenvalue weighted by Gasteiger charge is 2.22. The van der Waals surface area contributed by atoms with Gasteiger partial charge in [0, 0.05) is 0 Å². The predicted octanol–water partition coefficient (Wildman–Crippen LogP) is 1.28. The monoisotopic (exact) mass is 308 g/mol. The molecule has 0 aliphatic rings. The number of hydrogen-bond donors (Lipinski definition) is 3. The molecule has 3 N–H and O–H groups in total. The molecule has 0 unspecified atom stereocenters. The van der Waals surface area contributed by atoms with Crippen molar-refractivity contribution in [3.63, 3.8) is 0 Å². The Morgan fingerprint density at radius 3 is 2.36 bits per heavy atom. The van der Waals surface area contributed by atoms with Gasteiger partial charge in [0.25, 0.3) is 0 Å². The second-order valence-electron chi connectivity index (χ2n) is 4.74. The summed E-state index contributed by atoms with van der Waals surface area (Å²) in [7, 11) is 0. The zero-order chi connectivity index (χ0) is 16.5. The quantitative estimate of drug-likeness (QED) is 0.704. The van der Waals surface area contributed by atoms with Gasteiger partial charge in [0.1, 0.15) is 18.7 Å². The minimum atomic E-state index is -1.12. The zero-order valence-electron chi connectivity index (χ0n) is 12.5. The Bertz CT molecular complexity index is 518. The molecule has 0 heterocycles. The van der Waals surface area contributed by atoms with E-state index in [-0.39, 0.29) is 13.0 Å². The third-order valence-electron chi connectivity index (χ3n) is 2.96. The van der Waals surface area contributed by atoms with Gasteiger partial charge in [-0.15, -0.1) is 0 Å². The summed E-state index contributed by atoms with van der Waals surface area (Å²) >= 11 is 0. The molecule has 2 atom stereocenters. The summed E-state index contributed by atoms with van der Waals surface area (Å²) in [5, 5.41) is 13.6. The van der Waals surface area contributed by atoms with E-state index in [1.54, 1.807) is 6.92 Å². The van der Waals surface area contributed by atoms with Crippen molar-refractivity contribution in [1.29, 1.82) is 0 Å². The lowest BCUT2D eigenvalue weighted by atomic mass is 10.2. The second kappa shape index (κ2) is 8.66. The Labute approximate surface area is 128 Å². The summed E-state index contributed by atoms with van der Waals surface area (Å²) in [6, 6.07) is 7.24. The SMILES string of the molecule is CC[C@@H](NC(=O)[C@H](C)NC(=O)OCc1ccccc1)C(=O)O. The van der Waals surface area contributed by atoms with Crippen molar-refractivity contribution >= 4 is 18.0 Å². The molecule has 0 aliphatic carbocycles. The van der Waals surface area contributed by atoms with Gasteiger partial charge in [-0.3, -0.25) is 4.79 Å². The van der Waals surface area contributed by atoms with E-state index in [0.717, 1.165) is 5.56 Å². The van der Waals surface area contributed by atoms with Crippen LogP contribution in [0, 0.1) is 0 Å². The molecule has 1 aromatic carbocycles. The van der Waals surface area contributed by atoms with Crippen LogP contribution in [0.3, 0.4) is 0 Å². The largest absolute Gasteiger partial charge is 0.480 e. The maximum Gasteiger partial charge on any atom is 0.408 e. The van der Waals surface area contributed by atoms with Gasteiger partial charge in [-0.25, -0.2) is 9.59 Å². The van der Waals surface area contributed by atoms with Crippen LogP contribution in [-0.4, -0.2) is 35.2 Å². The molecular formula is C15H20N2O5. The van der Waals surface area contributed by atoms with Gasteiger partial charge in [0.05, 0.1) is 0 Å². The molecule has 7 nitrogen and oxygen atoms in total. The van der Waals surface area contributed by atoms with Gasteiger partial charge in [-0.05, 0) is 18.9 Å². The fourth-order valence-electron chi connectivity index (χ4n) is 1.64. The van der Waals surface area contributed by atoms with Gasteiger partial charge >= 0.3 is 12.1 Å². The van der Waals surface area contributed by atoms with Crippen LogP contribution in [0.2, 0.25) is 0 Å². The number of benzene rings is 1. The van der Waals surface area contributed by atoms with Crippen molar-refractivity contribution in [3.05, 3.63) is 35.9 Å². The molecule has 1 aromatic rings. The van der Waals surface area contributed by atoms with Gasteiger partial charge in [-0.2, -0.15) is 0 Å². The molecule has 120 valence electrons. The van der Waals surface area contributed by atoms with E-state index in [0.29, 0.717) is 0 Å². The average molecular weight is 308 g/mol. The first-order valence-electron chi connectivity index (χ1n) is 6.94. The Hall–Kier alpha value is -2.57. The summed E-state index contributed by atoms with van der Waals surface area (Å²) in [5.41, 5.74) is 0.826. The highest BCUT2D eigenvalue weighted by atomic mass is 16.5. The molecule has 0 saturated heterocycles. The van der Waals surface area contributed by atoms with Crippen LogP contribution in [0.4, 0.5) is 4.79 Å². The fourth-order valence-corrected chi connectivity index (χ4v) is 1.64. The molecule has 0 aromatic heterocycles. The summed E-state index contributed by atoms with van der Waals surface area (Å²) in [6.45, 7) is 3.19. The number of carboxylic acids is 1. The predicted molar refractivity (Wildman–Crippen MR) is 79.1 cm³/mol. The van der Waals surface area contributed by atoms with Crippen LogP contribution < -0.4 is 10.6 Å². The van der Waals surface area contributed by atoms with E-state index in [4.69, 9.17) is 9.84 Å². The molecule has 7 heteroatoms. The maximum absolute atomic E-state index is 11.8. The molecule has 2 amide bonds. The normalized spacial score (nSPS) is 12.8. The zero-order valence-corrected chi connectivity index (χ0v) is 12.5. The summed E-state index contributed by atoms with van der Waals surface area (Å²) in [6.07, 6.45) is -0.485. The Kier molecular flexibility index (Phi) is 6.88. The molecule has 1 rings (SSSR count).